The van der Waals surface area contributed by atoms with Crippen molar-refractivity contribution in [1.82, 2.24) is 10.2 Å². The Hall–Kier alpha value is -1.37. The number of thioether (sulfide) groups is 1. The number of aliphatic hydroxyl groups excluding tert-OH is 1. The summed E-state index contributed by atoms with van der Waals surface area (Å²) in [5.41, 5.74) is 2.63. The molecule has 1 unspecified atom stereocenters. The van der Waals surface area contributed by atoms with Crippen LogP contribution < -0.4 is 5.32 Å². The predicted molar refractivity (Wildman–Crippen MR) is 102 cm³/mol. The van der Waals surface area contributed by atoms with Gasteiger partial charge in [0.1, 0.15) is 6.04 Å². The van der Waals surface area contributed by atoms with Gasteiger partial charge < -0.3 is 10.0 Å². The molecule has 140 valence electrons. The highest BCUT2D eigenvalue weighted by Gasteiger charge is 2.44. The van der Waals surface area contributed by atoms with Crippen LogP contribution in [0.3, 0.4) is 0 Å². The van der Waals surface area contributed by atoms with Crippen molar-refractivity contribution in [3.05, 3.63) is 35.4 Å². The molecule has 2 N–H and O–H groups in total. The first-order valence-electron chi connectivity index (χ1n) is 9.56. The number of carbonyl (C=O) groups excluding carboxylic acids is 2. The lowest BCUT2D eigenvalue weighted by Crippen LogP contribution is -2.52. The number of hydrogen-bond donors (Lipinski definition) is 2. The van der Waals surface area contributed by atoms with E-state index in [2.05, 4.69) is 23.5 Å². The van der Waals surface area contributed by atoms with Gasteiger partial charge in [-0.1, -0.05) is 24.3 Å². The summed E-state index contributed by atoms with van der Waals surface area (Å²) in [6, 6.07) is 7.82. The van der Waals surface area contributed by atoms with Crippen molar-refractivity contribution < 1.29 is 14.7 Å². The number of carbonyl (C=O) groups is 2. The Kier molecular flexibility index (Phi) is 5.34. The lowest BCUT2D eigenvalue weighted by molar-refractivity contribution is -0.137. The zero-order valence-corrected chi connectivity index (χ0v) is 15.7. The van der Waals surface area contributed by atoms with Gasteiger partial charge in [-0.15, -0.1) is 11.8 Å². The van der Waals surface area contributed by atoms with E-state index < -0.39 is 6.04 Å². The number of amides is 1. The number of ketones is 1. The number of benzene rings is 1. The molecular weight excluding hydrogens is 348 g/mol. The van der Waals surface area contributed by atoms with Gasteiger partial charge in [-0.2, -0.15) is 0 Å². The van der Waals surface area contributed by atoms with Crippen molar-refractivity contribution in [2.45, 2.75) is 49.4 Å². The Morgan fingerprint density at radius 2 is 2.04 bits per heavy atom. The van der Waals surface area contributed by atoms with Crippen LogP contribution in [0.25, 0.3) is 0 Å². The monoisotopic (exact) mass is 374 g/mol. The van der Waals surface area contributed by atoms with Crippen LogP contribution in [0.5, 0.6) is 0 Å². The number of likely N-dealkylation sites (tertiary alicyclic amines) is 1. The molecule has 2 aliphatic heterocycles. The first-order chi connectivity index (χ1) is 12.7. The zero-order valence-electron chi connectivity index (χ0n) is 14.9. The molecule has 26 heavy (non-hydrogen) atoms. The smallest absolute Gasteiger partial charge is 0.241 e. The number of aliphatic hydroxyl groups is 1. The molecule has 1 aromatic rings. The van der Waals surface area contributed by atoms with Crippen molar-refractivity contribution in [3.63, 3.8) is 0 Å². The van der Waals surface area contributed by atoms with Crippen LogP contribution in [-0.4, -0.2) is 58.1 Å². The summed E-state index contributed by atoms with van der Waals surface area (Å²) < 4.78 is 0. The minimum Gasteiger partial charge on any atom is -0.394 e. The molecule has 4 atom stereocenters. The van der Waals surface area contributed by atoms with E-state index >= 15 is 0 Å². The van der Waals surface area contributed by atoms with E-state index in [-0.39, 0.29) is 35.5 Å². The molecule has 0 aromatic heterocycles. The van der Waals surface area contributed by atoms with Crippen LogP contribution in [0.15, 0.2) is 24.3 Å². The third-order valence-electron chi connectivity index (χ3n) is 6.04. The van der Waals surface area contributed by atoms with Gasteiger partial charge in [0.15, 0.2) is 5.78 Å². The predicted octanol–water partition coefficient (Wildman–Crippen LogP) is 1.37. The average Bonchev–Trinajstić information content (AvgIpc) is 3.35. The maximum atomic E-state index is 13.2. The molecular formula is C20H26N2O3S. The third kappa shape index (κ3) is 3.30. The van der Waals surface area contributed by atoms with Gasteiger partial charge in [-0.05, 0) is 43.2 Å². The van der Waals surface area contributed by atoms with Crippen LogP contribution in [-0.2, 0) is 22.4 Å². The summed E-state index contributed by atoms with van der Waals surface area (Å²) in [6.07, 6.45) is 4.37. The van der Waals surface area contributed by atoms with Gasteiger partial charge in [0.25, 0.3) is 0 Å². The highest BCUT2D eigenvalue weighted by molar-refractivity contribution is 8.00. The highest BCUT2D eigenvalue weighted by Crippen LogP contribution is 2.33. The molecule has 0 bridgehead atoms. The Balaban J connectivity index is 1.46. The number of nitrogens with one attached hydrogen (secondary N) is 1. The van der Waals surface area contributed by atoms with Crippen LogP contribution >= 0.6 is 11.8 Å². The lowest BCUT2D eigenvalue weighted by atomic mass is 9.80. The molecule has 0 saturated carbocycles. The molecule has 6 heteroatoms. The third-order valence-corrected chi connectivity index (χ3v) is 7.23. The van der Waals surface area contributed by atoms with E-state index in [9.17, 15) is 14.7 Å². The van der Waals surface area contributed by atoms with Crippen LogP contribution in [0.4, 0.5) is 0 Å². The molecule has 2 heterocycles. The molecule has 2 saturated heterocycles. The second-order valence-corrected chi connectivity index (χ2v) is 8.66. The Morgan fingerprint density at radius 1 is 1.23 bits per heavy atom. The normalized spacial score (nSPS) is 31.0. The van der Waals surface area contributed by atoms with Crippen LogP contribution in [0.1, 0.15) is 30.4 Å². The molecule has 0 spiro atoms. The van der Waals surface area contributed by atoms with Gasteiger partial charge >= 0.3 is 0 Å². The van der Waals surface area contributed by atoms with Gasteiger partial charge in [-0.3, -0.25) is 14.9 Å². The number of rotatable bonds is 4. The Bertz CT molecular complexity index is 695. The molecule has 1 amide bonds. The average molecular weight is 375 g/mol. The van der Waals surface area contributed by atoms with Crippen molar-refractivity contribution in [2.75, 3.05) is 19.0 Å². The number of nitrogens with zero attached hydrogens (tertiary/aromatic N) is 1. The van der Waals surface area contributed by atoms with Gasteiger partial charge in [-0.25, -0.2) is 0 Å². The lowest BCUT2D eigenvalue weighted by Gasteiger charge is -2.30. The van der Waals surface area contributed by atoms with Crippen molar-refractivity contribution in [2.24, 2.45) is 5.92 Å². The summed E-state index contributed by atoms with van der Waals surface area (Å²) in [6.45, 7) is 0.689. The molecule has 0 radical (unpaired) electrons. The van der Waals surface area contributed by atoms with E-state index in [1.54, 1.807) is 16.7 Å². The van der Waals surface area contributed by atoms with Crippen LogP contribution in [0, 0.1) is 5.92 Å². The number of hydrogen-bond acceptors (Lipinski definition) is 5. The fourth-order valence-electron chi connectivity index (χ4n) is 4.56. The summed E-state index contributed by atoms with van der Waals surface area (Å²) in [5, 5.41) is 12.4. The maximum absolute atomic E-state index is 13.2. The fraction of sp³-hybridized carbons (Fsp3) is 0.600. The number of fused-ring (bicyclic) bond motifs is 1. The molecule has 1 aliphatic carbocycles. The van der Waals surface area contributed by atoms with Gasteiger partial charge in [0.2, 0.25) is 5.91 Å². The number of Topliss-reactive ketones (excluding diaryl/α,β-unsaturated/α-hetero) is 1. The molecule has 3 aliphatic rings. The van der Waals surface area contributed by atoms with Crippen LogP contribution in [0.2, 0.25) is 0 Å². The second-order valence-electron chi connectivity index (χ2n) is 7.53. The largest absolute Gasteiger partial charge is 0.394 e. The topological polar surface area (TPSA) is 69.6 Å². The van der Waals surface area contributed by atoms with E-state index in [1.165, 1.54) is 11.1 Å². The molecule has 2 fully saturated rings. The Labute approximate surface area is 158 Å². The summed E-state index contributed by atoms with van der Waals surface area (Å²) in [4.78, 5) is 28.0. The van der Waals surface area contributed by atoms with Crippen molar-refractivity contribution in [3.8, 4) is 0 Å². The van der Waals surface area contributed by atoms with E-state index in [4.69, 9.17) is 0 Å². The zero-order chi connectivity index (χ0) is 18.1. The first-order valence-corrected chi connectivity index (χ1v) is 10.6. The standard InChI is InChI=1S/C20H26N2O3S/c23-11-16-6-3-9-22(16)20(25)17-19(26-12-21-17)18(24)15-8-7-13-4-1-2-5-14(13)10-15/h1-2,4-5,15-17,19,21,23H,3,6-12H2/t15-,16+,17+,19?/m1/s1. The van der Waals surface area contributed by atoms with E-state index in [0.29, 0.717) is 12.4 Å². The van der Waals surface area contributed by atoms with E-state index in [1.807, 2.05) is 6.07 Å². The quantitative estimate of drug-likeness (QED) is 0.833. The van der Waals surface area contributed by atoms with Gasteiger partial charge in [0.05, 0.1) is 17.9 Å². The minimum atomic E-state index is -0.447. The SMILES string of the molecule is O=C(C1SCN[C@@H]1C(=O)N1CCC[C@H]1CO)[C@@H]1CCc2ccccc2C1. The molecule has 4 rings (SSSR count). The first kappa shape index (κ1) is 18.0. The van der Waals surface area contributed by atoms with Gasteiger partial charge in [0, 0.05) is 18.3 Å². The van der Waals surface area contributed by atoms with E-state index in [0.717, 1.165) is 32.1 Å². The summed E-state index contributed by atoms with van der Waals surface area (Å²) >= 11 is 1.56. The van der Waals surface area contributed by atoms with Crippen molar-refractivity contribution in [1.29, 1.82) is 0 Å². The molecule has 5 nitrogen and oxygen atoms in total. The van der Waals surface area contributed by atoms with Crippen molar-refractivity contribution >= 4 is 23.5 Å². The second kappa shape index (κ2) is 7.71. The fourth-order valence-corrected chi connectivity index (χ4v) is 5.78. The number of aryl methyl sites for hydroxylation is 1. The summed E-state index contributed by atoms with van der Waals surface area (Å²) in [7, 11) is 0. The minimum absolute atomic E-state index is 0.00360. The molecule has 1 aromatic carbocycles. The Morgan fingerprint density at radius 3 is 2.85 bits per heavy atom. The maximum Gasteiger partial charge on any atom is 0.241 e. The highest BCUT2D eigenvalue weighted by atomic mass is 32.2. The summed E-state index contributed by atoms with van der Waals surface area (Å²) in [5.74, 6) is 0.840.